The molecule has 214 valence electrons. The van der Waals surface area contributed by atoms with Crippen molar-refractivity contribution in [2.24, 2.45) is 52.3 Å². The van der Waals surface area contributed by atoms with Gasteiger partial charge in [-0.25, -0.2) is 0 Å². The third kappa shape index (κ3) is 4.14. The lowest BCUT2D eigenvalue weighted by atomic mass is 9.44. The highest BCUT2D eigenvalue weighted by molar-refractivity contribution is 5.98. The minimum atomic E-state index is 0.126. The number of ether oxygens (including phenoxy) is 1. The van der Waals surface area contributed by atoms with E-state index in [1.54, 1.807) is 14.0 Å². The minimum absolute atomic E-state index is 0.126. The van der Waals surface area contributed by atoms with Crippen LogP contribution in [0.1, 0.15) is 115 Å². The van der Waals surface area contributed by atoms with Crippen molar-refractivity contribution in [2.45, 2.75) is 112 Å². The van der Waals surface area contributed by atoms with Gasteiger partial charge in [0.25, 0.3) is 0 Å². The van der Waals surface area contributed by atoms with Crippen molar-refractivity contribution in [2.75, 3.05) is 7.11 Å². The zero-order chi connectivity index (χ0) is 27.7. The van der Waals surface area contributed by atoms with Crippen LogP contribution in [0, 0.1) is 52.3 Å². The monoisotopic (exact) mass is 531 g/mol. The largest absolute Gasteiger partial charge is 0.495 e. The molecule has 1 heterocycles. The Bertz CT molecular complexity index is 1240. The molecular formula is C36H53NO2. The summed E-state index contributed by atoms with van der Waals surface area (Å²) in [7, 11) is 1.73. The Morgan fingerprint density at radius 3 is 2.51 bits per heavy atom. The Labute approximate surface area is 237 Å². The first-order valence-electron chi connectivity index (χ1n) is 16.3. The second kappa shape index (κ2) is 9.95. The number of carbonyl (C=O) groups excluding carboxylic acids is 1. The van der Waals surface area contributed by atoms with Gasteiger partial charge in [-0.05, 0) is 115 Å². The molecule has 1 aromatic carbocycles. The molecule has 3 saturated carbocycles. The molecule has 0 saturated heterocycles. The number of hydrogen-bond donors (Lipinski definition) is 0. The quantitative estimate of drug-likeness (QED) is 0.372. The second-order valence-corrected chi connectivity index (χ2v) is 15.2. The van der Waals surface area contributed by atoms with E-state index in [1.165, 1.54) is 74.4 Å². The zero-order valence-electron chi connectivity index (χ0n) is 25.8. The fraction of sp³-hybridized carbons (Fsp3) is 0.750. The van der Waals surface area contributed by atoms with Crippen molar-refractivity contribution in [3.05, 3.63) is 29.5 Å². The molecule has 8 atom stereocenters. The van der Waals surface area contributed by atoms with Crippen LogP contribution in [0.15, 0.2) is 18.2 Å². The van der Waals surface area contributed by atoms with Crippen LogP contribution in [0.2, 0.25) is 0 Å². The summed E-state index contributed by atoms with van der Waals surface area (Å²) in [4.78, 5) is 13.1. The lowest BCUT2D eigenvalue weighted by molar-refractivity contribution is -0.104. The van der Waals surface area contributed by atoms with Gasteiger partial charge in [-0.2, -0.15) is 0 Å². The van der Waals surface area contributed by atoms with Gasteiger partial charge < -0.3 is 4.74 Å². The van der Waals surface area contributed by atoms with Crippen LogP contribution in [-0.4, -0.2) is 17.6 Å². The van der Waals surface area contributed by atoms with Gasteiger partial charge in [0.15, 0.2) is 0 Å². The smallest absolute Gasteiger partial charge is 0.228 e. The van der Waals surface area contributed by atoms with Gasteiger partial charge in [0.05, 0.1) is 12.6 Å². The number of fused-ring (bicyclic) bond motifs is 8. The second-order valence-electron chi connectivity index (χ2n) is 15.2. The summed E-state index contributed by atoms with van der Waals surface area (Å²) < 4.78 is 7.81. The lowest BCUT2D eigenvalue weighted by Gasteiger charge is -2.60. The third-order valence-electron chi connectivity index (χ3n) is 13.0. The fourth-order valence-corrected chi connectivity index (χ4v) is 11.1. The summed E-state index contributed by atoms with van der Waals surface area (Å²) in [5, 5.41) is 1.24. The molecule has 4 aliphatic carbocycles. The van der Waals surface area contributed by atoms with E-state index in [0.717, 1.165) is 65.5 Å². The molecule has 2 aromatic rings. The van der Waals surface area contributed by atoms with Crippen molar-refractivity contribution in [3.63, 3.8) is 0 Å². The van der Waals surface area contributed by atoms with E-state index in [2.05, 4.69) is 46.8 Å². The minimum Gasteiger partial charge on any atom is -0.495 e. The molecule has 3 nitrogen and oxygen atoms in total. The predicted octanol–water partition coefficient (Wildman–Crippen LogP) is 9.35. The molecule has 6 rings (SSSR count). The highest BCUT2D eigenvalue weighted by Crippen LogP contribution is 2.68. The molecule has 3 fully saturated rings. The first kappa shape index (κ1) is 27.4. The number of hydrogen-bond acceptors (Lipinski definition) is 2. The Hall–Kier alpha value is -1.77. The summed E-state index contributed by atoms with van der Waals surface area (Å²) in [6.45, 7) is 14.4. The highest BCUT2D eigenvalue weighted by atomic mass is 16.5. The maximum atomic E-state index is 13.1. The van der Waals surface area contributed by atoms with Gasteiger partial charge in [-0.3, -0.25) is 9.36 Å². The van der Waals surface area contributed by atoms with Crippen LogP contribution >= 0.6 is 0 Å². The van der Waals surface area contributed by atoms with Crippen molar-refractivity contribution in [1.82, 2.24) is 4.57 Å². The number of carbonyl (C=O) groups is 1. The Morgan fingerprint density at radius 1 is 1.03 bits per heavy atom. The van der Waals surface area contributed by atoms with E-state index >= 15 is 0 Å². The molecule has 0 N–H and O–H groups in total. The topological polar surface area (TPSA) is 31.2 Å². The molecule has 0 bridgehead atoms. The van der Waals surface area contributed by atoms with Crippen LogP contribution in [0.3, 0.4) is 0 Å². The van der Waals surface area contributed by atoms with E-state index in [9.17, 15) is 4.79 Å². The normalized spacial score (nSPS) is 36.3. The van der Waals surface area contributed by atoms with Gasteiger partial charge in [0.1, 0.15) is 5.75 Å². The van der Waals surface area contributed by atoms with Gasteiger partial charge in [0, 0.05) is 18.0 Å². The molecule has 0 amide bonds. The predicted molar refractivity (Wildman–Crippen MR) is 161 cm³/mol. The number of rotatable bonds is 6. The summed E-state index contributed by atoms with van der Waals surface area (Å²) in [5.41, 5.74) is 4.53. The summed E-state index contributed by atoms with van der Waals surface area (Å²) in [6, 6.07) is 6.33. The first-order valence-corrected chi connectivity index (χ1v) is 16.3. The van der Waals surface area contributed by atoms with E-state index in [1.807, 2.05) is 10.6 Å². The van der Waals surface area contributed by atoms with E-state index < -0.39 is 0 Å². The molecular weight excluding hydrogens is 478 g/mol. The highest BCUT2D eigenvalue weighted by Gasteiger charge is 2.61. The maximum Gasteiger partial charge on any atom is 0.228 e. The van der Waals surface area contributed by atoms with Crippen LogP contribution in [0.5, 0.6) is 5.75 Å². The molecule has 0 spiro atoms. The van der Waals surface area contributed by atoms with Crippen molar-refractivity contribution in [3.8, 4) is 5.75 Å². The zero-order valence-corrected chi connectivity index (χ0v) is 25.8. The van der Waals surface area contributed by atoms with Gasteiger partial charge in [0.2, 0.25) is 5.91 Å². The van der Waals surface area contributed by atoms with E-state index in [-0.39, 0.29) is 11.3 Å². The number of methoxy groups -OCH3 is 1. The summed E-state index contributed by atoms with van der Waals surface area (Å²) >= 11 is 0. The van der Waals surface area contributed by atoms with Gasteiger partial charge in [-0.1, -0.05) is 66.0 Å². The SMILES string of the molecule is COc1cccc2c3c(n(C(C)=O)c12)CC1(C)C(CCC2C1CCC1(C)C(C(C)CCCC(C)C)CCC21)C3. The Kier molecular flexibility index (Phi) is 6.99. The van der Waals surface area contributed by atoms with E-state index in [4.69, 9.17) is 4.74 Å². The summed E-state index contributed by atoms with van der Waals surface area (Å²) in [5.74, 6) is 6.83. The number of aromatic nitrogens is 1. The van der Waals surface area contributed by atoms with Crippen molar-refractivity contribution >= 4 is 16.8 Å². The van der Waals surface area contributed by atoms with Crippen molar-refractivity contribution < 1.29 is 9.53 Å². The van der Waals surface area contributed by atoms with E-state index in [0.29, 0.717) is 5.41 Å². The average molecular weight is 532 g/mol. The maximum absolute atomic E-state index is 13.1. The Morgan fingerprint density at radius 2 is 1.79 bits per heavy atom. The third-order valence-corrected chi connectivity index (χ3v) is 13.0. The molecule has 8 unspecified atom stereocenters. The van der Waals surface area contributed by atoms with Crippen molar-refractivity contribution in [1.29, 1.82) is 0 Å². The van der Waals surface area contributed by atoms with Crippen LogP contribution < -0.4 is 4.74 Å². The lowest BCUT2D eigenvalue weighted by Crippen LogP contribution is -2.54. The number of benzene rings is 1. The Balaban J connectivity index is 1.30. The van der Waals surface area contributed by atoms with Crippen LogP contribution in [0.4, 0.5) is 0 Å². The first-order chi connectivity index (χ1) is 18.6. The average Bonchev–Trinajstić information content (AvgIpc) is 3.41. The fourth-order valence-electron chi connectivity index (χ4n) is 11.1. The summed E-state index contributed by atoms with van der Waals surface area (Å²) in [6.07, 6.45) is 14.9. The molecule has 0 aliphatic heterocycles. The van der Waals surface area contributed by atoms with Crippen LogP contribution in [-0.2, 0) is 12.8 Å². The molecule has 39 heavy (non-hydrogen) atoms. The molecule has 3 heteroatoms. The van der Waals surface area contributed by atoms with Gasteiger partial charge in [-0.15, -0.1) is 0 Å². The number of nitrogens with zero attached hydrogens (tertiary/aromatic N) is 1. The molecule has 4 aliphatic rings. The molecule has 1 aromatic heterocycles. The van der Waals surface area contributed by atoms with Gasteiger partial charge >= 0.3 is 0 Å². The number of para-hydroxylation sites is 1. The molecule has 0 radical (unpaired) electrons. The van der Waals surface area contributed by atoms with Crippen LogP contribution in [0.25, 0.3) is 10.9 Å². The standard InChI is InChI=1S/C36H53NO2/c1-22(2)10-8-11-23(3)29-16-17-30-27-15-14-25-20-28-26-12-9-13-33(39-7)34(26)37(24(4)38)32(28)21-36(25,6)31(27)18-19-35(29,30)5/h9,12-13,22-23,25,27,29-31H,8,10-11,14-21H2,1-7H3.